The molecule has 1 fully saturated rings. The Kier molecular flexibility index (Phi) is 6.06. The van der Waals surface area contributed by atoms with Gasteiger partial charge in [-0.1, -0.05) is 13.3 Å². The molecule has 2 aromatic rings. The van der Waals surface area contributed by atoms with Gasteiger partial charge in [0.2, 0.25) is 10.0 Å². The standard InChI is InChI=1S/C19H23F2N3O2S/c1-2-18(16-12-14(20)6-8-17(16)21)23-19-9-7-15(13-22-19)27(25,26)24-10-4-3-5-11-24/h6-9,12-13,18H,2-5,10-11H2,1H3,(H,22,23). The summed E-state index contributed by atoms with van der Waals surface area (Å²) in [5, 5.41) is 3.05. The van der Waals surface area contributed by atoms with Crippen molar-refractivity contribution in [3.63, 3.8) is 0 Å². The van der Waals surface area contributed by atoms with Crippen molar-refractivity contribution >= 4 is 15.8 Å². The first-order chi connectivity index (χ1) is 12.9. The van der Waals surface area contributed by atoms with Crippen molar-refractivity contribution in [2.45, 2.75) is 43.5 Å². The van der Waals surface area contributed by atoms with Crippen LogP contribution in [0.3, 0.4) is 0 Å². The van der Waals surface area contributed by atoms with E-state index in [4.69, 9.17) is 0 Å². The van der Waals surface area contributed by atoms with Gasteiger partial charge >= 0.3 is 0 Å². The monoisotopic (exact) mass is 395 g/mol. The van der Waals surface area contributed by atoms with Crippen LogP contribution in [0.25, 0.3) is 0 Å². The van der Waals surface area contributed by atoms with Gasteiger partial charge in [-0.15, -0.1) is 0 Å². The normalized spacial score (nSPS) is 16.9. The highest BCUT2D eigenvalue weighted by Gasteiger charge is 2.26. The molecule has 0 bridgehead atoms. The van der Waals surface area contributed by atoms with Crippen molar-refractivity contribution in [1.82, 2.24) is 9.29 Å². The van der Waals surface area contributed by atoms with Crippen molar-refractivity contribution in [2.24, 2.45) is 0 Å². The second-order valence-electron chi connectivity index (χ2n) is 6.61. The topological polar surface area (TPSA) is 62.3 Å². The Bertz CT molecular complexity index is 882. The average molecular weight is 395 g/mol. The SMILES string of the molecule is CCC(Nc1ccc(S(=O)(=O)N2CCCCC2)cn1)c1cc(F)ccc1F. The van der Waals surface area contributed by atoms with Gasteiger partial charge in [-0.25, -0.2) is 22.2 Å². The van der Waals surface area contributed by atoms with E-state index in [-0.39, 0.29) is 10.5 Å². The van der Waals surface area contributed by atoms with Gasteiger partial charge in [0, 0.05) is 24.8 Å². The number of hydrogen-bond acceptors (Lipinski definition) is 4. The molecule has 1 aliphatic rings. The fourth-order valence-corrected chi connectivity index (χ4v) is 4.70. The van der Waals surface area contributed by atoms with E-state index >= 15 is 0 Å². The molecular formula is C19H23F2N3O2S. The fraction of sp³-hybridized carbons (Fsp3) is 0.421. The predicted octanol–water partition coefficient (Wildman–Crippen LogP) is 4.10. The van der Waals surface area contributed by atoms with Gasteiger partial charge in [0.1, 0.15) is 22.3 Å². The van der Waals surface area contributed by atoms with Crippen LogP contribution in [0.1, 0.15) is 44.2 Å². The van der Waals surface area contributed by atoms with Crippen molar-refractivity contribution in [3.05, 3.63) is 53.7 Å². The van der Waals surface area contributed by atoms with Gasteiger partial charge in [0.15, 0.2) is 0 Å². The lowest BCUT2D eigenvalue weighted by Crippen LogP contribution is -2.35. The molecule has 0 aliphatic carbocycles. The van der Waals surface area contributed by atoms with Crippen molar-refractivity contribution in [3.8, 4) is 0 Å². The third-order valence-corrected chi connectivity index (χ3v) is 6.64. The van der Waals surface area contributed by atoms with Gasteiger partial charge in [0.25, 0.3) is 0 Å². The maximum Gasteiger partial charge on any atom is 0.244 e. The molecule has 1 aliphatic heterocycles. The first-order valence-electron chi connectivity index (χ1n) is 9.09. The van der Waals surface area contributed by atoms with Gasteiger partial charge in [-0.3, -0.25) is 0 Å². The number of aromatic nitrogens is 1. The highest BCUT2D eigenvalue weighted by molar-refractivity contribution is 7.89. The van der Waals surface area contributed by atoms with E-state index in [0.717, 1.165) is 37.5 Å². The molecule has 1 aromatic carbocycles. The van der Waals surface area contributed by atoms with E-state index < -0.39 is 27.7 Å². The van der Waals surface area contributed by atoms with Crippen LogP contribution in [0.2, 0.25) is 0 Å². The fourth-order valence-electron chi connectivity index (χ4n) is 3.23. The molecule has 0 spiro atoms. The quantitative estimate of drug-likeness (QED) is 0.800. The summed E-state index contributed by atoms with van der Waals surface area (Å²) in [6, 6.07) is 5.90. The molecule has 0 radical (unpaired) electrons. The second kappa shape index (κ2) is 8.31. The van der Waals surface area contributed by atoms with Crippen LogP contribution in [0.4, 0.5) is 14.6 Å². The Morgan fingerprint density at radius 1 is 1.15 bits per heavy atom. The van der Waals surface area contributed by atoms with Gasteiger partial charge in [0.05, 0.1) is 6.04 Å². The van der Waals surface area contributed by atoms with Gasteiger partial charge < -0.3 is 5.32 Å². The van der Waals surface area contributed by atoms with E-state index in [9.17, 15) is 17.2 Å². The Balaban J connectivity index is 1.77. The predicted molar refractivity (Wildman–Crippen MR) is 99.9 cm³/mol. The van der Waals surface area contributed by atoms with Crippen molar-refractivity contribution < 1.29 is 17.2 Å². The molecule has 0 amide bonds. The van der Waals surface area contributed by atoms with Crippen molar-refractivity contribution in [1.29, 1.82) is 0 Å². The lowest BCUT2D eigenvalue weighted by Gasteiger charge is -2.25. The summed E-state index contributed by atoms with van der Waals surface area (Å²) in [7, 11) is -3.54. The van der Waals surface area contributed by atoms with E-state index in [1.165, 1.54) is 16.6 Å². The molecule has 27 heavy (non-hydrogen) atoms. The number of halogens is 2. The number of anilines is 1. The van der Waals surface area contributed by atoms with E-state index in [1.807, 2.05) is 6.92 Å². The minimum Gasteiger partial charge on any atom is -0.363 e. The molecule has 1 saturated heterocycles. The number of sulfonamides is 1. The third kappa shape index (κ3) is 4.44. The van der Waals surface area contributed by atoms with Gasteiger partial charge in [-0.2, -0.15) is 4.31 Å². The van der Waals surface area contributed by atoms with Crippen LogP contribution in [0.5, 0.6) is 0 Å². The highest BCUT2D eigenvalue weighted by Crippen LogP contribution is 2.26. The molecule has 1 unspecified atom stereocenters. The summed E-state index contributed by atoms with van der Waals surface area (Å²) in [6.07, 6.45) is 4.59. The molecule has 8 heteroatoms. The smallest absolute Gasteiger partial charge is 0.244 e. The summed E-state index contributed by atoms with van der Waals surface area (Å²) < 4.78 is 54.3. The molecule has 1 atom stereocenters. The zero-order valence-corrected chi connectivity index (χ0v) is 16.0. The number of rotatable bonds is 6. The van der Waals surface area contributed by atoms with E-state index in [2.05, 4.69) is 10.3 Å². The molecule has 146 valence electrons. The van der Waals surface area contributed by atoms with Crippen molar-refractivity contribution in [2.75, 3.05) is 18.4 Å². The van der Waals surface area contributed by atoms with Crippen LogP contribution >= 0.6 is 0 Å². The first kappa shape index (κ1) is 19.7. The maximum atomic E-state index is 14.0. The molecule has 1 aromatic heterocycles. The van der Waals surface area contributed by atoms with Crippen LogP contribution in [0, 0.1) is 11.6 Å². The lowest BCUT2D eigenvalue weighted by atomic mass is 10.0. The molecule has 3 rings (SSSR count). The molecular weight excluding hydrogens is 372 g/mol. The third-order valence-electron chi connectivity index (χ3n) is 4.75. The second-order valence-corrected chi connectivity index (χ2v) is 8.55. The Morgan fingerprint density at radius 3 is 2.52 bits per heavy atom. The lowest BCUT2D eigenvalue weighted by molar-refractivity contribution is 0.346. The number of hydrogen-bond donors (Lipinski definition) is 1. The minimum absolute atomic E-state index is 0.139. The van der Waals surface area contributed by atoms with Gasteiger partial charge in [-0.05, 0) is 49.6 Å². The Labute approximate surface area is 158 Å². The summed E-state index contributed by atoms with van der Waals surface area (Å²) >= 11 is 0. The zero-order chi connectivity index (χ0) is 19.4. The molecule has 0 saturated carbocycles. The Hall–Kier alpha value is -2.06. The van der Waals surface area contributed by atoms with Crippen LogP contribution in [0.15, 0.2) is 41.4 Å². The summed E-state index contributed by atoms with van der Waals surface area (Å²) in [5.41, 5.74) is 0.212. The largest absolute Gasteiger partial charge is 0.363 e. The Morgan fingerprint density at radius 2 is 1.89 bits per heavy atom. The first-order valence-corrected chi connectivity index (χ1v) is 10.5. The summed E-state index contributed by atoms with van der Waals surface area (Å²) in [5.74, 6) is -0.606. The number of nitrogens with one attached hydrogen (secondary N) is 1. The average Bonchev–Trinajstić information content (AvgIpc) is 2.69. The minimum atomic E-state index is -3.54. The van der Waals surface area contributed by atoms with Crippen LogP contribution < -0.4 is 5.32 Å². The molecule has 2 heterocycles. The molecule has 5 nitrogen and oxygen atoms in total. The number of piperidine rings is 1. The number of nitrogens with zero attached hydrogens (tertiary/aromatic N) is 2. The van der Waals surface area contributed by atoms with E-state index in [0.29, 0.717) is 25.3 Å². The number of benzene rings is 1. The zero-order valence-electron chi connectivity index (χ0n) is 15.2. The number of pyridine rings is 1. The highest BCUT2D eigenvalue weighted by atomic mass is 32.2. The molecule has 1 N–H and O–H groups in total. The van der Waals surface area contributed by atoms with Crippen LogP contribution in [-0.2, 0) is 10.0 Å². The van der Waals surface area contributed by atoms with E-state index in [1.54, 1.807) is 6.07 Å². The maximum absolute atomic E-state index is 14.0. The summed E-state index contributed by atoms with van der Waals surface area (Å²) in [6.45, 7) is 2.90. The summed E-state index contributed by atoms with van der Waals surface area (Å²) in [4.78, 5) is 4.31. The van der Waals surface area contributed by atoms with Crippen LogP contribution in [-0.4, -0.2) is 30.8 Å².